The fourth-order valence-corrected chi connectivity index (χ4v) is 2.28. The second-order valence-corrected chi connectivity index (χ2v) is 5.81. The molecule has 0 bridgehead atoms. The average Bonchev–Trinajstić information content (AvgIpc) is 2.62. The Morgan fingerprint density at radius 1 is 1.44 bits per heavy atom. The van der Waals surface area contributed by atoms with E-state index in [1.807, 2.05) is 11.6 Å². The SMILES string of the molecule is CCn1nc(C)c(Cl)c1CC(NN)C(C)(C)CC. The summed E-state index contributed by atoms with van der Waals surface area (Å²) < 4.78 is 1.97. The maximum Gasteiger partial charge on any atom is 0.0847 e. The number of halogens is 1. The largest absolute Gasteiger partial charge is 0.271 e. The number of hydrogen-bond acceptors (Lipinski definition) is 3. The predicted octanol–water partition coefficient (Wildman–Crippen LogP) is 2.68. The summed E-state index contributed by atoms with van der Waals surface area (Å²) in [5.41, 5.74) is 5.01. The Morgan fingerprint density at radius 2 is 2.06 bits per heavy atom. The van der Waals surface area contributed by atoms with Crippen molar-refractivity contribution in [1.29, 1.82) is 0 Å². The van der Waals surface area contributed by atoms with Gasteiger partial charge in [-0.2, -0.15) is 5.10 Å². The van der Waals surface area contributed by atoms with Crippen molar-refractivity contribution in [2.45, 2.75) is 60.0 Å². The van der Waals surface area contributed by atoms with Crippen LogP contribution in [0.5, 0.6) is 0 Å². The molecule has 0 spiro atoms. The van der Waals surface area contributed by atoms with E-state index in [0.717, 1.165) is 35.8 Å². The van der Waals surface area contributed by atoms with E-state index in [4.69, 9.17) is 17.4 Å². The van der Waals surface area contributed by atoms with Crippen molar-refractivity contribution in [3.63, 3.8) is 0 Å². The summed E-state index contributed by atoms with van der Waals surface area (Å²) in [6.07, 6.45) is 1.85. The highest BCUT2D eigenvalue weighted by atomic mass is 35.5. The topological polar surface area (TPSA) is 55.9 Å². The maximum absolute atomic E-state index is 6.34. The summed E-state index contributed by atoms with van der Waals surface area (Å²) in [5, 5.41) is 5.21. The van der Waals surface area contributed by atoms with E-state index in [1.165, 1.54) is 0 Å². The van der Waals surface area contributed by atoms with E-state index in [0.29, 0.717) is 0 Å². The van der Waals surface area contributed by atoms with E-state index >= 15 is 0 Å². The van der Waals surface area contributed by atoms with Crippen molar-refractivity contribution < 1.29 is 0 Å². The molecule has 0 amide bonds. The first-order valence-corrected chi connectivity index (χ1v) is 6.93. The highest BCUT2D eigenvalue weighted by molar-refractivity contribution is 6.31. The lowest BCUT2D eigenvalue weighted by Gasteiger charge is -2.33. The van der Waals surface area contributed by atoms with Gasteiger partial charge in [0, 0.05) is 19.0 Å². The molecule has 0 aliphatic carbocycles. The first-order valence-electron chi connectivity index (χ1n) is 6.55. The average molecular weight is 273 g/mol. The normalized spacial score (nSPS) is 13.9. The van der Waals surface area contributed by atoms with Gasteiger partial charge in [-0.25, -0.2) is 0 Å². The molecule has 0 saturated carbocycles. The molecule has 1 rings (SSSR count). The summed E-state index contributed by atoms with van der Waals surface area (Å²) >= 11 is 6.34. The van der Waals surface area contributed by atoms with Crippen molar-refractivity contribution in [2.24, 2.45) is 11.3 Å². The predicted molar refractivity (Wildman–Crippen MR) is 76.5 cm³/mol. The number of hydrazine groups is 1. The molecular weight excluding hydrogens is 248 g/mol. The fourth-order valence-electron chi connectivity index (χ4n) is 2.06. The zero-order valence-electron chi connectivity index (χ0n) is 12.0. The van der Waals surface area contributed by atoms with Crippen LogP contribution in [0, 0.1) is 12.3 Å². The number of nitrogens with zero attached hydrogens (tertiary/aromatic N) is 2. The highest BCUT2D eigenvalue weighted by Gasteiger charge is 2.29. The first-order chi connectivity index (χ1) is 8.37. The van der Waals surface area contributed by atoms with E-state index in [1.54, 1.807) is 0 Å². The smallest absolute Gasteiger partial charge is 0.0847 e. The highest BCUT2D eigenvalue weighted by Crippen LogP contribution is 2.29. The minimum absolute atomic E-state index is 0.120. The molecule has 1 heterocycles. The number of rotatable bonds is 6. The van der Waals surface area contributed by atoms with Gasteiger partial charge in [0.05, 0.1) is 16.4 Å². The third kappa shape index (κ3) is 3.05. The van der Waals surface area contributed by atoms with E-state index < -0.39 is 0 Å². The number of hydrogen-bond donors (Lipinski definition) is 2. The van der Waals surface area contributed by atoms with Gasteiger partial charge in [-0.15, -0.1) is 0 Å². The van der Waals surface area contributed by atoms with Crippen LogP contribution in [0.2, 0.25) is 5.02 Å². The van der Waals surface area contributed by atoms with Crippen LogP contribution in [0.4, 0.5) is 0 Å². The van der Waals surface area contributed by atoms with E-state index in [-0.39, 0.29) is 11.5 Å². The maximum atomic E-state index is 6.34. The van der Waals surface area contributed by atoms with Gasteiger partial charge < -0.3 is 0 Å². The van der Waals surface area contributed by atoms with Crippen LogP contribution < -0.4 is 11.3 Å². The zero-order chi connectivity index (χ0) is 13.9. The van der Waals surface area contributed by atoms with Gasteiger partial charge in [-0.05, 0) is 25.7 Å². The van der Waals surface area contributed by atoms with Crippen LogP contribution in [0.25, 0.3) is 0 Å². The quantitative estimate of drug-likeness (QED) is 0.618. The molecule has 1 aromatic rings. The number of nitrogens with two attached hydrogens (primary N) is 1. The van der Waals surface area contributed by atoms with Crippen LogP contribution in [0.15, 0.2) is 0 Å². The molecule has 104 valence electrons. The standard InChI is InChI=1S/C13H25ClN4/c1-6-13(4,5)11(16-15)8-10-12(14)9(3)17-18(10)7-2/h11,16H,6-8,15H2,1-5H3. The van der Waals surface area contributed by atoms with Gasteiger partial charge in [0.2, 0.25) is 0 Å². The molecule has 4 nitrogen and oxygen atoms in total. The molecule has 0 aromatic carbocycles. The molecule has 0 aliphatic rings. The van der Waals surface area contributed by atoms with Crippen molar-refractivity contribution in [3.8, 4) is 0 Å². The molecule has 0 saturated heterocycles. The molecule has 0 radical (unpaired) electrons. The molecule has 1 atom stereocenters. The summed E-state index contributed by atoms with van der Waals surface area (Å²) in [5.74, 6) is 5.71. The van der Waals surface area contributed by atoms with Gasteiger partial charge in [0.25, 0.3) is 0 Å². The second kappa shape index (κ2) is 6.04. The third-order valence-corrected chi connectivity index (χ3v) is 4.40. The molecule has 3 N–H and O–H groups in total. The number of aryl methyl sites for hydroxylation is 2. The molecule has 5 heteroatoms. The Balaban J connectivity index is 3.02. The zero-order valence-corrected chi connectivity index (χ0v) is 12.8. The van der Waals surface area contributed by atoms with Gasteiger partial charge >= 0.3 is 0 Å². The van der Waals surface area contributed by atoms with Crippen LogP contribution >= 0.6 is 11.6 Å². The molecule has 1 aromatic heterocycles. The molecule has 0 aliphatic heterocycles. The summed E-state index contributed by atoms with van der Waals surface area (Å²) in [7, 11) is 0. The Kier molecular flexibility index (Phi) is 5.20. The van der Waals surface area contributed by atoms with E-state index in [2.05, 4.69) is 38.2 Å². The second-order valence-electron chi connectivity index (χ2n) is 5.43. The van der Waals surface area contributed by atoms with Crippen molar-refractivity contribution in [1.82, 2.24) is 15.2 Å². The fraction of sp³-hybridized carbons (Fsp3) is 0.769. The summed E-state index contributed by atoms with van der Waals surface area (Å²) in [4.78, 5) is 0. The van der Waals surface area contributed by atoms with Crippen LogP contribution in [-0.2, 0) is 13.0 Å². The van der Waals surface area contributed by atoms with Crippen LogP contribution in [0.1, 0.15) is 45.5 Å². The van der Waals surface area contributed by atoms with Gasteiger partial charge in [-0.1, -0.05) is 32.4 Å². The minimum atomic E-state index is 0.120. The Morgan fingerprint density at radius 3 is 2.50 bits per heavy atom. The first kappa shape index (κ1) is 15.5. The lowest BCUT2D eigenvalue weighted by atomic mass is 9.80. The summed E-state index contributed by atoms with van der Waals surface area (Å²) in [6.45, 7) is 11.4. The lowest BCUT2D eigenvalue weighted by molar-refractivity contribution is 0.228. The van der Waals surface area contributed by atoms with Gasteiger partial charge in [-0.3, -0.25) is 16.0 Å². The Labute approximate surface area is 115 Å². The summed E-state index contributed by atoms with van der Waals surface area (Å²) in [6, 6.07) is 0.182. The van der Waals surface area contributed by atoms with E-state index in [9.17, 15) is 0 Å². The molecule has 1 unspecified atom stereocenters. The monoisotopic (exact) mass is 272 g/mol. The number of aromatic nitrogens is 2. The number of nitrogens with one attached hydrogen (secondary N) is 1. The lowest BCUT2D eigenvalue weighted by Crippen LogP contribution is -2.47. The van der Waals surface area contributed by atoms with Gasteiger partial charge in [0.15, 0.2) is 0 Å². The van der Waals surface area contributed by atoms with Gasteiger partial charge in [0.1, 0.15) is 0 Å². The van der Waals surface area contributed by atoms with Crippen molar-refractivity contribution in [3.05, 3.63) is 16.4 Å². The van der Waals surface area contributed by atoms with Crippen molar-refractivity contribution in [2.75, 3.05) is 0 Å². The van der Waals surface area contributed by atoms with Crippen LogP contribution in [-0.4, -0.2) is 15.8 Å². The molecule has 18 heavy (non-hydrogen) atoms. The Hall–Kier alpha value is -0.580. The van der Waals surface area contributed by atoms with Crippen LogP contribution in [0.3, 0.4) is 0 Å². The third-order valence-electron chi connectivity index (χ3n) is 3.91. The molecular formula is C13H25ClN4. The minimum Gasteiger partial charge on any atom is -0.271 e. The molecule has 0 fully saturated rings. The van der Waals surface area contributed by atoms with Crippen molar-refractivity contribution >= 4 is 11.6 Å². The Bertz CT molecular complexity index is 398.